The molecule has 0 saturated carbocycles. The molecular formula is C13H8NNaO2S3. The monoisotopic (exact) mass is 329 g/mol. The van der Waals surface area contributed by atoms with Crippen LogP contribution in [-0.4, -0.2) is 11.0 Å². The molecule has 0 unspecified atom stereocenters. The Morgan fingerprint density at radius 1 is 1.15 bits per heavy atom. The number of nitrogens with zero attached hydrogens (tertiary/aromatic N) is 1. The Labute approximate surface area is 150 Å². The van der Waals surface area contributed by atoms with Crippen molar-refractivity contribution < 1.29 is 39.5 Å². The molecule has 0 amide bonds. The molecule has 3 aromatic heterocycles. The van der Waals surface area contributed by atoms with E-state index in [-0.39, 0.29) is 34.4 Å². The number of hydrogen-bond acceptors (Lipinski definition) is 6. The van der Waals surface area contributed by atoms with Gasteiger partial charge in [-0.05, 0) is 30.5 Å². The van der Waals surface area contributed by atoms with Crippen molar-refractivity contribution in [2.24, 2.45) is 0 Å². The van der Waals surface area contributed by atoms with Crippen LogP contribution in [0.15, 0.2) is 29.6 Å². The number of carboxylic acids is 1. The number of thiophene rings is 2. The molecule has 0 aliphatic carbocycles. The number of rotatable bonds is 3. The van der Waals surface area contributed by atoms with E-state index in [0.29, 0.717) is 5.69 Å². The number of thiazole rings is 1. The number of aromatic nitrogens is 1. The topological polar surface area (TPSA) is 53.0 Å². The first-order valence-corrected chi connectivity index (χ1v) is 7.99. The Morgan fingerprint density at radius 2 is 1.90 bits per heavy atom. The summed E-state index contributed by atoms with van der Waals surface area (Å²) in [5, 5.41) is 13.7. The summed E-state index contributed by atoms with van der Waals surface area (Å²) in [6, 6.07) is 8.11. The van der Waals surface area contributed by atoms with Gasteiger partial charge in [-0.2, -0.15) is 0 Å². The minimum Gasteiger partial charge on any atom is -0.544 e. The van der Waals surface area contributed by atoms with Gasteiger partial charge in [0.05, 0.1) is 21.4 Å². The third kappa shape index (κ3) is 3.05. The van der Waals surface area contributed by atoms with Crippen molar-refractivity contribution in [3.63, 3.8) is 0 Å². The molecule has 0 atom stereocenters. The number of aryl methyl sites for hydroxylation is 1. The standard InChI is InChI=1S/C13H9NO2S3.Na/c1-7-11(13(15)16)19-12(14-7)10-5-4-9(18-10)8-3-2-6-17-8;/h2-6H,1H3,(H,15,16);/q;+1/p-1. The minimum atomic E-state index is -1.16. The van der Waals surface area contributed by atoms with E-state index < -0.39 is 5.97 Å². The second kappa shape index (κ2) is 6.51. The van der Waals surface area contributed by atoms with E-state index in [1.807, 2.05) is 23.6 Å². The molecule has 7 heteroatoms. The Balaban J connectivity index is 0.00000147. The molecule has 0 aromatic carbocycles. The van der Waals surface area contributed by atoms with Crippen LogP contribution in [0.25, 0.3) is 19.6 Å². The van der Waals surface area contributed by atoms with Crippen LogP contribution in [0.5, 0.6) is 0 Å². The van der Waals surface area contributed by atoms with Crippen LogP contribution < -0.4 is 34.7 Å². The second-order valence-corrected chi connectivity index (χ2v) is 6.89. The predicted molar refractivity (Wildman–Crippen MR) is 77.8 cm³/mol. The predicted octanol–water partition coefficient (Wildman–Crippen LogP) is 0.276. The van der Waals surface area contributed by atoms with Crippen molar-refractivity contribution in [1.29, 1.82) is 0 Å². The van der Waals surface area contributed by atoms with Gasteiger partial charge in [0.25, 0.3) is 0 Å². The summed E-state index contributed by atoms with van der Waals surface area (Å²) < 4.78 is 0. The van der Waals surface area contributed by atoms with Gasteiger partial charge in [-0.1, -0.05) is 6.07 Å². The molecule has 3 rings (SSSR count). The number of carbonyl (C=O) groups excluding carboxylic acids is 1. The van der Waals surface area contributed by atoms with Gasteiger partial charge in [0, 0.05) is 9.75 Å². The molecule has 3 nitrogen and oxygen atoms in total. The van der Waals surface area contributed by atoms with E-state index in [9.17, 15) is 9.90 Å². The molecule has 0 N–H and O–H groups in total. The normalized spacial score (nSPS) is 10.2. The Bertz CT molecular complexity index is 731. The number of aromatic carboxylic acids is 1. The second-order valence-electron chi connectivity index (χ2n) is 3.86. The summed E-state index contributed by atoms with van der Waals surface area (Å²) in [4.78, 5) is 18.8. The van der Waals surface area contributed by atoms with Crippen molar-refractivity contribution in [3.05, 3.63) is 40.2 Å². The summed E-state index contributed by atoms with van der Waals surface area (Å²) in [6.07, 6.45) is 0. The van der Waals surface area contributed by atoms with Crippen molar-refractivity contribution in [1.82, 2.24) is 4.98 Å². The van der Waals surface area contributed by atoms with Gasteiger partial charge in [-0.15, -0.1) is 34.0 Å². The largest absolute Gasteiger partial charge is 1.00 e. The molecule has 3 aromatic rings. The molecule has 96 valence electrons. The van der Waals surface area contributed by atoms with Gasteiger partial charge in [0.15, 0.2) is 0 Å². The van der Waals surface area contributed by atoms with Crippen LogP contribution in [0.3, 0.4) is 0 Å². The van der Waals surface area contributed by atoms with E-state index >= 15 is 0 Å². The van der Waals surface area contributed by atoms with Crippen molar-refractivity contribution in [3.8, 4) is 19.6 Å². The fraction of sp³-hybridized carbons (Fsp3) is 0.0769. The first kappa shape index (κ1) is 15.9. The van der Waals surface area contributed by atoms with Gasteiger partial charge >= 0.3 is 29.6 Å². The van der Waals surface area contributed by atoms with Crippen LogP contribution in [0.2, 0.25) is 0 Å². The number of hydrogen-bond donors (Lipinski definition) is 0. The Hall–Kier alpha value is -0.500. The van der Waals surface area contributed by atoms with E-state index in [2.05, 4.69) is 11.1 Å². The van der Waals surface area contributed by atoms with Crippen LogP contribution in [0, 0.1) is 6.92 Å². The number of carboxylic acid groups (broad SMARTS) is 1. The zero-order chi connectivity index (χ0) is 13.4. The molecule has 0 radical (unpaired) electrons. The smallest absolute Gasteiger partial charge is 0.544 e. The van der Waals surface area contributed by atoms with E-state index in [1.165, 1.54) is 21.1 Å². The minimum absolute atomic E-state index is 0. The summed E-state index contributed by atoms with van der Waals surface area (Å²) in [5.41, 5.74) is 0.520. The average Bonchev–Trinajstić information content (AvgIpc) is 3.08. The fourth-order valence-corrected chi connectivity index (χ4v) is 4.49. The summed E-state index contributed by atoms with van der Waals surface area (Å²) in [6.45, 7) is 1.69. The van der Waals surface area contributed by atoms with Crippen LogP contribution in [0.1, 0.15) is 15.4 Å². The molecule has 0 aliphatic heterocycles. The third-order valence-electron chi connectivity index (χ3n) is 2.56. The molecule has 3 heterocycles. The molecule has 20 heavy (non-hydrogen) atoms. The molecule has 0 saturated heterocycles. The van der Waals surface area contributed by atoms with E-state index in [4.69, 9.17) is 0 Å². The van der Waals surface area contributed by atoms with Crippen LogP contribution in [-0.2, 0) is 0 Å². The average molecular weight is 329 g/mol. The van der Waals surface area contributed by atoms with Crippen molar-refractivity contribution in [2.45, 2.75) is 6.92 Å². The Morgan fingerprint density at radius 3 is 2.50 bits per heavy atom. The third-order valence-corrected chi connectivity index (χ3v) is 6.02. The summed E-state index contributed by atoms with van der Waals surface area (Å²) in [7, 11) is 0. The summed E-state index contributed by atoms with van der Waals surface area (Å²) in [5.74, 6) is -1.16. The quantitative estimate of drug-likeness (QED) is 0.649. The molecule has 0 aliphatic rings. The summed E-state index contributed by atoms with van der Waals surface area (Å²) >= 11 is 4.48. The maximum Gasteiger partial charge on any atom is 1.00 e. The van der Waals surface area contributed by atoms with Crippen molar-refractivity contribution in [2.75, 3.05) is 0 Å². The maximum atomic E-state index is 10.9. The van der Waals surface area contributed by atoms with Crippen LogP contribution >= 0.6 is 34.0 Å². The molecule has 0 fully saturated rings. The molecular weight excluding hydrogens is 321 g/mol. The fourth-order valence-electron chi connectivity index (χ4n) is 1.70. The molecule has 0 bridgehead atoms. The number of carbonyl (C=O) groups is 1. The SMILES string of the molecule is Cc1nc(-c2ccc(-c3cccs3)s2)sc1C(=O)[O-].[Na+]. The van der Waals surface area contributed by atoms with Crippen LogP contribution in [0.4, 0.5) is 0 Å². The van der Waals surface area contributed by atoms with Gasteiger partial charge in [0.1, 0.15) is 5.01 Å². The first-order chi connectivity index (χ1) is 9.15. The van der Waals surface area contributed by atoms with E-state index in [0.717, 1.165) is 9.88 Å². The van der Waals surface area contributed by atoms with Gasteiger partial charge in [0.2, 0.25) is 0 Å². The van der Waals surface area contributed by atoms with Gasteiger partial charge < -0.3 is 9.90 Å². The van der Waals surface area contributed by atoms with E-state index in [1.54, 1.807) is 29.6 Å². The Kier molecular flexibility index (Phi) is 5.17. The van der Waals surface area contributed by atoms with Gasteiger partial charge in [-0.3, -0.25) is 0 Å². The zero-order valence-electron chi connectivity index (χ0n) is 10.9. The molecule has 0 spiro atoms. The van der Waals surface area contributed by atoms with Crippen molar-refractivity contribution >= 4 is 40.0 Å². The first-order valence-electron chi connectivity index (χ1n) is 5.48. The zero-order valence-corrected chi connectivity index (χ0v) is 15.3. The maximum absolute atomic E-state index is 10.9. The van der Waals surface area contributed by atoms with Gasteiger partial charge in [-0.25, -0.2) is 4.98 Å².